The van der Waals surface area contributed by atoms with E-state index in [9.17, 15) is 9.59 Å². The Morgan fingerprint density at radius 1 is 1.28 bits per heavy atom. The van der Waals surface area contributed by atoms with Crippen LogP contribution in [0.1, 0.15) is 20.8 Å². The molecular weight excluding hydrogens is 362 g/mol. The van der Waals surface area contributed by atoms with Crippen LogP contribution < -0.4 is 11.1 Å². The number of nitrogens with one attached hydrogen (secondary N) is 1. The van der Waals surface area contributed by atoms with E-state index in [1.54, 1.807) is 12.1 Å². The molecule has 1 unspecified atom stereocenters. The minimum atomic E-state index is -0.866. The van der Waals surface area contributed by atoms with Gasteiger partial charge in [0.2, 0.25) is 5.91 Å². The second-order valence-corrected chi connectivity index (χ2v) is 7.24. The predicted octanol–water partition coefficient (Wildman–Crippen LogP) is 2.93. The largest absolute Gasteiger partial charge is 0.351 e. The number of carbonyl (C=O) groups is 2. The van der Waals surface area contributed by atoms with Crippen molar-refractivity contribution in [1.82, 2.24) is 20.1 Å². The molecule has 0 bridgehead atoms. The molecule has 0 aliphatic heterocycles. The average molecular weight is 382 g/mol. The summed E-state index contributed by atoms with van der Waals surface area (Å²) in [5.41, 5.74) is 5.93. The Morgan fingerprint density at radius 2 is 1.92 bits per heavy atom. The highest BCUT2D eigenvalue weighted by atomic mass is 35.5. The van der Waals surface area contributed by atoms with Crippen molar-refractivity contribution < 1.29 is 9.59 Å². The molecule has 7 nitrogen and oxygen atoms in total. The van der Waals surface area contributed by atoms with Gasteiger partial charge in [0.25, 0.3) is 0 Å². The summed E-state index contributed by atoms with van der Waals surface area (Å²) in [5, 5.41) is 11.3. The molecule has 2 aromatic rings. The van der Waals surface area contributed by atoms with E-state index in [-0.39, 0.29) is 5.92 Å². The number of amides is 3. The fraction of sp³-hybridized carbons (Fsp3) is 0.375. The number of benzene rings is 1. The van der Waals surface area contributed by atoms with Crippen molar-refractivity contribution in [3.8, 4) is 11.4 Å². The van der Waals surface area contributed by atoms with Gasteiger partial charge in [-0.3, -0.25) is 10.1 Å². The number of primary amides is 1. The maximum atomic E-state index is 12.2. The minimum absolute atomic E-state index is 0.0228. The fourth-order valence-electron chi connectivity index (χ4n) is 2.27. The number of nitrogens with zero attached hydrogens (tertiary/aromatic N) is 3. The zero-order valence-electron chi connectivity index (χ0n) is 14.2. The Bertz CT molecular complexity index is 760. The van der Waals surface area contributed by atoms with E-state index in [1.165, 1.54) is 11.8 Å². The zero-order valence-corrected chi connectivity index (χ0v) is 15.8. The summed E-state index contributed by atoms with van der Waals surface area (Å²) < 4.78 is 1.92. The smallest absolute Gasteiger partial charge is 0.318 e. The van der Waals surface area contributed by atoms with E-state index in [1.807, 2.05) is 37.5 Å². The Kier molecular flexibility index (Phi) is 6.44. The molecule has 0 radical (unpaired) electrons. The molecular formula is C16H20ClN5O2S. The molecule has 9 heteroatoms. The molecule has 0 saturated carbocycles. The van der Waals surface area contributed by atoms with Crippen molar-refractivity contribution in [1.29, 1.82) is 0 Å². The number of rotatable bonds is 6. The highest BCUT2D eigenvalue weighted by molar-refractivity contribution is 8.00. The van der Waals surface area contributed by atoms with Gasteiger partial charge in [-0.15, -0.1) is 10.2 Å². The Hall–Kier alpha value is -2.06. The van der Waals surface area contributed by atoms with Crippen LogP contribution in [0, 0.1) is 5.92 Å². The first-order valence-electron chi connectivity index (χ1n) is 7.79. The van der Waals surface area contributed by atoms with Crippen LogP contribution in [0.4, 0.5) is 4.79 Å². The molecule has 0 aliphatic carbocycles. The number of aromatic nitrogens is 3. The van der Waals surface area contributed by atoms with Crippen LogP contribution in [0.3, 0.4) is 0 Å². The normalized spacial score (nSPS) is 12.2. The number of urea groups is 1. The molecule has 0 fully saturated rings. The van der Waals surface area contributed by atoms with Crippen LogP contribution in [-0.4, -0.2) is 32.0 Å². The van der Waals surface area contributed by atoms with E-state index >= 15 is 0 Å². The standard InChI is InChI=1S/C16H20ClN5O2S/c1-4-22-13(10-5-7-11(17)8-6-10)20-21-16(22)25-12(9(2)3)14(23)19-15(18)24/h5-9,12H,4H2,1-3H3,(H3,18,19,23,24). The molecule has 3 amide bonds. The monoisotopic (exact) mass is 381 g/mol. The average Bonchev–Trinajstić information content (AvgIpc) is 2.94. The first-order valence-corrected chi connectivity index (χ1v) is 9.05. The lowest BCUT2D eigenvalue weighted by Gasteiger charge is -2.18. The van der Waals surface area contributed by atoms with Gasteiger partial charge in [-0.1, -0.05) is 37.2 Å². The van der Waals surface area contributed by atoms with Crippen molar-refractivity contribution in [2.75, 3.05) is 0 Å². The summed E-state index contributed by atoms with van der Waals surface area (Å²) in [4.78, 5) is 23.2. The van der Waals surface area contributed by atoms with Gasteiger partial charge in [-0.25, -0.2) is 4.79 Å². The van der Waals surface area contributed by atoms with E-state index in [0.717, 1.165) is 5.56 Å². The maximum Gasteiger partial charge on any atom is 0.318 e. The SMILES string of the molecule is CCn1c(SC(C(=O)NC(N)=O)C(C)C)nnc1-c1ccc(Cl)cc1. The summed E-state index contributed by atoms with van der Waals surface area (Å²) in [6, 6.07) is 6.44. The highest BCUT2D eigenvalue weighted by Gasteiger charge is 2.27. The minimum Gasteiger partial charge on any atom is -0.351 e. The zero-order chi connectivity index (χ0) is 18.6. The summed E-state index contributed by atoms with van der Waals surface area (Å²) in [6.07, 6.45) is 0. The first kappa shape index (κ1) is 19.3. The van der Waals surface area contributed by atoms with Gasteiger partial charge in [0.1, 0.15) is 0 Å². The molecule has 1 aromatic heterocycles. The van der Waals surface area contributed by atoms with E-state index < -0.39 is 17.2 Å². The third-order valence-corrected chi connectivity index (χ3v) is 5.26. The van der Waals surface area contributed by atoms with Crippen molar-refractivity contribution in [2.24, 2.45) is 11.7 Å². The number of thioether (sulfide) groups is 1. The highest BCUT2D eigenvalue weighted by Crippen LogP contribution is 2.30. The summed E-state index contributed by atoms with van der Waals surface area (Å²) in [5.74, 6) is 0.232. The summed E-state index contributed by atoms with van der Waals surface area (Å²) >= 11 is 7.19. The Labute approximate surface area is 155 Å². The molecule has 134 valence electrons. The molecule has 1 aromatic carbocycles. The molecule has 1 heterocycles. The van der Waals surface area contributed by atoms with Gasteiger partial charge in [0.15, 0.2) is 11.0 Å². The number of hydrogen-bond acceptors (Lipinski definition) is 5. The van der Waals surface area contributed by atoms with Crippen LogP contribution in [0.2, 0.25) is 5.02 Å². The van der Waals surface area contributed by atoms with Gasteiger partial charge in [-0.05, 0) is 37.1 Å². The molecule has 25 heavy (non-hydrogen) atoms. The van der Waals surface area contributed by atoms with Crippen LogP contribution in [0.25, 0.3) is 11.4 Å². The van der Waals surface area contributed by atoms with Crippen LogP contribution in [0.15, 0.2) is 29.4 Å². The van der Waals surface area contributed by atoms with E-state index in [2.05, 4.69) is 15.5 Å². The summed E-state index contributed by atoms with van der Waals surface area (Å²) in [7, 11) is 0. The number of nitrogens with two attached hydrogens (primary N) is 1. The molecule has 3 N–H and O–H groups in total. The topological polar surface area (TPSA) is 103 Å². The van der Waals surface area contributed by atoms with Crippen molar-refractivity contribution >= 4 is 35.3 Å². The van der Waals surface area contributed by atoms with Gasteiger partial charge in [0.05, 0.1) is 5.25 Å². The molecule has 0 aliphatic rings. The molecule has 0 spiro atoms. The Balaban J connectivity index is 2.31. The predicted molar refractivity (Wildman–Crippen MR) is 98.4 cm³/mol. The first-order chi connectivity index (χ1) is 11.8. The number of hydrogen-bond donors (Lipinski definition) is 2. The van der Waals surface area contributed by atoms with Gasteiger partial charge in [-0.2, -0.15) is 0 Å². The van der Waals surface area contributed by atoms with Crippen LogP contribution >= 0.6 is 23.4 Å². The van der Waals surface area contributed by atoms with Gasteiger partial charge >= 0.3 is 6.03 Å². The van der Waals surface area contributed by atoms with Gasteiger partial charge in [0, 0.05) is 17.1 Å². The van der Waals surface area contributed by atoms with Crippen molar-refractivity contribution in [3.63, 3.8) is 0 Å². The third kappa shape index (κ3) is 4.73. The maximum absolute atomic E-state index is 12.2. The quantitative estimate of drug-likeness (QED) is 0.749. The molecule has 0 saturated heterocycles. The van der Waals surface area contributed by atoms with E-state index in [4.69, 9.17) is 17.3 Å². The fourth-order valence-corrected chi connectivity index (χ4v) is 3.49. The second kappa shape index (κ2) is 8.35. The Morgan fingerprint density at radius 3 is 2.44 bits per heavy atom. The van der Waals surface area contributed by atoms with E-state index in [0.29, 0.717) is 22.5 Å². The van der Waals surface area contributed by atoms with Crippen LogP contribution in [-0.2, 0) is 11.3 Å². The lowest BCUT2D eigenvalue weighted by atomic mass is 10.1. The third-order valence-electron chi connectivity index (χ3n) is 3.48. The van der Waals surface area contributed by atoms with Crippen molar-refractivity contribution in [3.05, 3.63) is 29.3 Å². The molecule has 1 atom stereocenters. The summed E-state index contributed by atoms with van der Waals surface area (Å²) in [6.45, 7) is 6.40. The van der Waals surface area contributed by atoms with Crippen molar-refractivity contribution in [2.45, 2.75) is 37.7 Å². The lowest BCUT2D eigenvalue weighted by molar-refractivity contribution is -0.120. The lowest BCUT2D eigenvalue weighted by Crippen LogP contribution is -2.42. The van der Waals surface area contributed by atoms with Gasteiger partial charge < -0.3 is 10.3 Å². The number of imide groups is 1. The molecule has 2 rings (SSSR count). The van der Waals surface area contributed by atoms with Crippen LogP contribution in [0.5, 0.6) is 0 Å². The number of halogens is 1. The number of carbonyl (C=O) groups excluding carboxylic acids is 2. The second-order valence-electron chi connectivity index (χ2n) is 5.69.